The molecule has 1 N–H and O–H groups in total. The average molecular weight is 352 g/mol. The second kappa shape index (κ2) is 7.17. The molecule has 0 atom stereocenters. The summed E-state index contributed by atoms with van der Waals surface area (Å²) in [7, 11) is 0. The number of aromatic carboxylic acids is 1. The van der Waals surface area contributed by atoms with Crippen molar-refractivity contribution in [3.8, 4) is 16.9 Å². The number of ether oxygens (including phenoxy) is 1. The van der Waals surface area contributed by atoms with Crippen molar-refractivity contribution in [3.63, 3.8) is 0 Å². The highest BCUT2D eigenvalue weighted by molar-refractivity contribution is 5.91. The number of carboxylic acids is 1. The van der Waals surface area contributed by atoms with E-state index in [1.165, 1.54) is 18.2 Å². The van der Waals surface area contributed by atoms with Crippen molar-refractivity contribution < 1.29 is 27.8 Å². The third-order valence-electron chi connectivity index (χ3n) is 3.86. The van der Waals surface area contributed by atoms with E-state index >= 15 is 0 Å². The predicted octanol–water partition coefficient (Wildman–Crippen LogP) is 5.48. The van der Waals surface area contributed by atoms with Crippen molar-refractivity contribution in [2.75, 3.05) is 6.61 Å². The molecule has 134 valence electrons. The largest absolute Gasteiger partial charge is 0.493 e. The fraction of sp³-hybridized carbons (Fsp3) is 0.316. The van der Waals surface area contributed by atoms with Crippen LogP contribution in [0.4, 0.5) is 13.2 Å². The molecule has 0 fully saturated rings. The van der Waals surface area contributed by atoms with Gasteiger partial charge in [-0.15, -0.1) is 0 Å². The van der Waals surface area contributed by atoms with Crippen LogP contribution in [0.3, 0.4) is 0 Å². The van der Waals surface area contributed by atoms with E-state index in [1.807, 2.05) is 6.92 Å². The molecule has 0 aromatic heterocycles. The van der Waals surface area contributed by atoms with Gasteiger partial charge in [0.15, 0.2) is 0 Å². The zero-order valence-electron chi connectivity index (χ0n) is 14.2. The van der Waals surface area contributed by atoms with Crippen LogP contribution in [-0.4, -0.2) is 17.7 Å². The molecule has 0 aliphatic carbocycles. The highest BCUT2D eigenvalue weighted by Crippen LogP contribution is 2.39. The molecule has 2 aromatic carbocycles. The molecule has 0 saturated heterocycles. The number of alkyl halides is 3. The van der Waals surface area contributed by atoms with Gasteiger partial charge >= 0.3 is 12.1 Å². The molecular formula is C19H19F3O3. The van der Waals surface area contributed by atoms with Crippen LogP contribution >= 0.6 is 0 Å². The minimum Gasteiger partial charge on any atom is -0.493 e. The van der Waals surface area contributed by atoms with E-state index < -0.39 is 17.7 Å². The maximum atomic E-state index is 13.4. The summed E-state index contributed by atoms with van der Waals surface area (Å²) in [6, 6.07) is 6.88. The van der Waals surface area contributed by atoms with Crippen LogP contribution in [0.15, 0.2) is 30.3 Å². The molecule has 0 radical (unpaired) electrons. The van der Waals surface area contributed by atoms with E-state index in [0.29, 0.717) is 28.7 Å². The van der Waals surface area contributed by atoms with E-state index in [1.54, 1.807) is 19.9 Å². The molecule has 0 amide bonds. The van der Waals surface area contributed by atoms with Crippen LogP contribution in [0.25, 0.3) is 11.1 Å². The van der Waals surface area contributed by atoms with Crippen molar-refractivity contribution in [1.82, 2.24) is 0 Å². The van der Waals surface area contributed by atoms with Gasteiger partial charge in [0.2, 0.25) is 0 Å². The van der Waals surface area contributed by atoms with Crippen LogP contribution < -0.4 is 4.74 Å². The third kappa shape index (κ3) is 4.13. The molecular weight excluding hydrogens is 333 g/mol. The maximum Gasteiger partial charge on any atom is 0.419 e. The summed E-state index contributed by atoms with van der Waals surface area (Å²) >= 11 is 0. The first kappa shape index (κ1) is 18.8. The molecule has 3 nitrogen and oxygen atoms in total. The molecule has 0 spiro atoms. The Kier molecular flexibility index (Phi) is 5.40. The highest BCUT2D eigenvalue weighted by Gasteiger charge is 2.35. The van der Waals surface area contributed by atoms with Crippen molar-refractivity contribution in [1.29, 1.82) is 0 Å². The molecule has 0 bridgehead atoms. The van der Waals surface area contributed by atoms with E-state index in [9.17, 15) is 23.1 Å². The lowest BCUT2D eigenvalue weighted by molar-refractivity contribution is -0.138. The van der Waals surface area contributed by atoms with E-state index in [4.69, 9.17) is 4.74 Å². The van der Waals surface area contributed by atoms with Crippen LogP contribution in [0.2, 0.25) is 0 Å². The van der Waals surface area contributed by atoms with Crippen LogP contribution in [0, 0.1) is 13.8 Å². The predicted molar refractivity (Wildman–Crippen MR) is 89.1 cm³/mol. The fourth-order valence-corrected chi connectivity index (χ4v) is 2.65. The molecule has 2 aromatic rings. The maximum absolute atomic E-state index is 13.4. The molecule has 0 saturated carbocycles. The van der Waals surface area contributed by atoms with Gasteiger partial charge in [-0.2, -0.15) is 13.2 Å². The zero-order valence-corrected chi connectivity index (χ0v) is 14.2. The van der Waals surface area contributed by atoms with Gasteiger partial charge in [-0.1, -0.05) is 19.1 Å². The Hall–Kier alpha value is -2.50. The molecule has 6 heteroatoms. The van der Waals surface area contributed by atoms with Crippen molar-refractivity contribution in [3.05, 3.63) is 52.6 Å². The first-order valence-corrected chi connectivity index (χ1v) is 7.84. The zero-order chi connectivity index (χ0) is 18.8. The standard InChI is InChI=1S/C19H19F3O3/c1-4-7-25-17-6-5-13(9-16(17)19(20,21)22)14-10-15(18(23)24)12(3)8-11(14)2/h5-6,8-10H,4,7H2,1-3H3,(H,23,24). The lowest BCUT2D eigenvalue weighted by Gasteiger charge is -2.16. The summed E-state index contributed by atoms with van der Waals surface area (Å²) in [5.41, 5.74) is 1.23. The molecule has 0 heterocycles. The number of benzene rings is 2. The minimum absolute atomic E-state index is 0.0699. The lowest BCUT2D eigenvalue weighted by atomic mass is 9.93. The van der Waals surface area contributed by atoms with Crippen LogP contribution in [0.5, 0.6) is 5.75 Å². The number of hydrogen-bond acceptors (Lipinski definition) is 2. The number of halogens is 3. The second-order valence-corrected chi connectivity index (χ2v) is 5.84. The molecule has 0 aliphatic rings. The van der Waals surface area contributed by atoms with Gasteiger partial charge < -0.3 is 9.84 Å². The summed E-state index contributed by atoms with van der Waals surface area (Å²) in [5, 5.41) is 9.25. The van der Waals surface area contributed by atoms with E-state index in [-0.39, 0.29) is 17.9 Å². The SMILES string of the molecule is CCCOc1ccc(-c2cc(C(=O)O)c(C)cc2C)cc1C(F)(F)F. The number of rotatable bonds is 5. The molecule has 0 unspecified atom stereocenters. The second-order valence-electron chi connectivity index (χ2n) is 5.84. The average Bonchev–Trinajstić information content (AvgIpc) is 2.51. The smallest absolute Gasteiger partial charge is 0.419 e. The quantitative estimate of drug-likeness (QED) is 0.775. The topological polar surface area (TPSA) is 46.5 Å². The number of aryl methyl sites for hydroxylation is 2. The van der Waals surface area contributed by atoms with E-state index in [2.05, 4.69) is 0 Å². The first-order valence-electron chi connectivity index (χ1n) is 7.84. The monoisotopic (exact) mass is 352 g/mol. The van der Waals surface area contributed by atoms with Crippen molar-refractivity contribution in [2.45, 2.75) is 33.4 Å². The third-order valence-corrected chi connectivity index (χ3v) is 3.86. The normalized spacial score (nSPS) is 11.4. The summed E-state index contributed by atoms with van der Waals surface area (Å²) in [6.45, 7) is 5.39. The van der Waals surface area contributed by atoms with Crippen LogP contribution in [-0.2, 0) is 6.18 Å². The van der Waals surface area contributed by atoms with Crippen molar-refractivity contribution in [2.24, 2.45) is 0 Å². The number of hydrogen-bond donors (Lipinski definition) is 1. The Bertz CT molecular complexity index is 795. The summed E-state index contributed by atoms with van der Waals surface area (Å²) in [5.74, 6) is -1.33. The molecule has 2 rings (SSSR count). The Morgan fingerprint density at radius 1 is 1.12 bits per heavy atom. The van der Waals surface area contributed by atoms with Gasteiger partial charge in [0.05, 0.1) is 17.7 Å². The van der Waals surface area contributed by atoms with Gasteiger partial charge in [0, 0.05) is 0 Å². The summed E-state index contributed by atoms with van der Waals surface area (Å²) < 4.78 is 45.3. The Labute approximate surface area is 144 Å². The highest BCUT2D eigenvalue weighted by atomic mass is 19.4. The Morgan fingerprint density at radius 2 is 1.80 bits per heavy atom. The minimum atomic E-state index is -4.56. The Balaban J connectivity index is 2.61. The number of carbonyl (C=O) groups is 1. The van der Waals surface area contributed by atoms with Gasteiger partial charge in [0.1, 0.15) is 5.75 Å². The fourth-order valence-electron chi connectivity index (χ4n) is 2.65. The van der Waals surface area contributed by atoms with Gasteiger partial charge in [-0.05, 0) is 60.7 Å². The Morgan fingerprint density at radius 3 is 2.36 bits per heavy atom. The van der Waals surface area contributed by atoms with Gasteiger partial charge in [-0.3, -0.25) is 0 Å². The van der Waals surface area contributed by atoms with Gasteiger partial charge in [-0.25, -0.2) is 4.79 Å². The number of carboxylic acid groups (broad SMARTS) is 1. The van der Waals surface area contributed by atoms with Crippen LogP contribution in [0.1, 0.15) is 40.4 Å². The van der Waals surface area contributed by atoms with Crippen molar-refractivity contribution >= 4 is 5.97 Å². The first-order chi connectivity index (χ1) is 11.6. The summed E-state index contributed by atoms with van der Waals surface area (Å²) in [4.78, 5) is 11.3. The van der Waals surface area contributed by atoms with Gasteiger partial charge in [0.25, 0.3) is 0 Å². The molecule has 0 aliphatic heterocycles. The molecule has 25 heavy (non-hydrogen) atoms. The summed E-state index contributed by atoms with van der Waals surface area (Å²) in [6.07, 6.45) is -3.97. The lowest BCUT2D eigenvalue weighted by Crippen LogP contribution is -2.09. The van der Waals surface area contributed by atoms with E-state index in [0.717, 1.165) is 6.07 Å².